The van der Waals surface area contributed by atoms with Gasteiger partial charge < -0.3 is 5.32 Å². The molecule has 0 aliphatic heterocycles. The lowest BCUT2D eigenvalue weighted by atomic mass is 10.1. The van der Waals surface area contributed by atoms with E-state index in [9.17, 15) is 4.79 Å². The van der Waals surface area contributed by atoms with Crippen molar-refractivity contribution in [2.24, 2.45) is 5.92 Å². The van der Waals surface area contributed by atoms with Crippen LogP contribution in [0.25, 0.3) is 0 Å². The lowest BCUT2D eigenvalue weighted by Crippen LogP contribution is -2.28. The van der Waals surface area contributed by atoms with Crippen molar-refractivity contribution in [3.8, 4) is 0 Å². The molecule has 3 heteroatoms. The van der Waals surface area contributed by atoms with E-state index in [0.29, 0.717) is 23.9 Å². The Morgan fingerprint density at radius 1 is 1.53 bits per heavy atom. The third kappa shape index (κ3) is 3.92. The van der Waals surface area contributed by atoms with Gasteiger partial charge in [-0.05, 0) is 25.0 Å². The number of halogens is 1. The summed E-state index contributed by atoms with van der Waals surface area (Å²) in [5.74, 6) is 0.838. The summed E-state index contributed by atoms with van der Waals surface area (Å²) >= 11 is 5.66. The average molecular weight is 226 g/mol. The van der Waals surface area contributed by atoms with Gasteiger partial charge in [-0.3, -0.25) is 4.79 Å². The molecule has 82 valence electrons. The number of carbonyl (C=O) groups is 1. The van der Waals surface area contributed by atoms with Crippen LogP contribution in [0.5, 0.6) is 0 Å². The molecule has 0 radical (unpaired) electrons. The van der Waals surface area contributed by atoms with Gasteiger partial charge in [0, 0.05) is 18.0 Å². The van der Waals surface area contributed by atoms with Crippen LogP contribution in [-0.2, 0) is 0 Å². The number of hydrogen-bond donors (Lipinski definition) is 1. The summed E-state index contributed by atoms with van der Waals surface area (Å²) < 4.78 is 0. The maximum absolute atomic E-state index is 11.7. The smallest absolute Gasteiger partial charge is 0.251 e. The van der Waals surface area contributed by atoms with Crippen LogP contribution in [0.4, 0.5) is 0 Å². The molecule has 0 saturated carbocycles. The largest absolute Gasteiger partial charge is 0.352 e. The highest BCUT2D eigenvalue weighted by atomic mass is 35.5. The van der Waals surface area contributed by atoms with E-state index in [1.807, 2.05) is 38.1 Å². The van der Waals surface area contributed by atoms with E-state index in [2.05, 4.69) is 5.32 Å². The van der Waals surface area contributed by atoms with Gasteiger partial charge in [0.1, 0.15) is 0 Å². The highest BCUT2D eigenvalue weighted by Crippen LogP contribution is 2.04. The predicted molar refractivity (Wildman–Crippen MR) is 63.4 cm³/mol. The molecule has 1 atom stereocenters. The Morgan fingerprint density at radius 3 is 2.87 bits per heavy atom. The Morgan fingerprint density at radius 2 is 2.27 bits per heavy atom. The van der Waals surface area contributed by atoms with Crippen molar-refractivity contribution in [3.05, 3.63) is 35.4 Å². The Kier molecular flexibility index (Phi) is 4.63. The number of benzene rings is 1. The summed E-state index contributed by atoms with van der Waals surface area (Å²) in [6.07, 6.45) is 0. The molecule has 1 amide bonds. The molecule has 0 fully saturated rings. The Labute approximate surface area is 95.6 Å². The fraction of sp³-hybridized carbons (Fsp3) is 0.417. The van der Waals surface area contributed by atoms with Crippen molar-refractivity contribution in [2.45, 2.75) is 13.8 Å². The van der Waals surface area contributed by atoms with Crippen LogP contribution in [0.2, 0.25) is 0 Å². The number of carbonyl (C=O) groups excluding carboxylic acids is 1. The summed E-state index contributed by atoms with van der Waals surface area (Å²) in [6.45, 7) is 4.60. The first kappa shape index (κ1) is 12.1. The highest BCUT2D eigenvalue weighted by Gasteiger charge is 2.06. The molecule has 1 aromatic rings. The molecule has 1 rings (SSSR count). The minimum absolute atomic E-state index is 0.0318. The minimum Gasteiger partial charge on any atom is -0.352 e. The number of aryl methyl sites for hydroxylation is 1. The van der Waals surface area contributed by atoms with E-state index in [1.165, 1.54) is 0 Å². The Bertz CT molecular complexity index is 338. The summed E-state index contributed by atoms with van der Waals surface area (Å²) in [5.41, 5.74) is 1.80. The number of alkyl halides is 1. The molecule has 1 N–H and O–H groups in total. The van der Waals surface area contributed by atoms with Crippen molar-refractivity contribution in [1.29, 1.82) is 0 Å². The molecule has 0 bridgehead atoms. The van der Waals surface area contributed by atoms with E-state index in [4.69, 9.17) is 11.6 Å². The molecule has 15 heavy (non-hydrogen) atoms. The number of nitrogens with one attached hydrogen (secondary N) is 1. The van der Waals surface area contributed by atoms with Crippen molar-refractivity contribution < 1.29 is 4.79 Å². The first-order valence-electron chi connectivity index (χ1n) is 5.04. The lowest BCUT2D eigenvalue weighted by molar-refractivity contribution is 0.0949. The summed E-state index contributed by atoms with van der Waals surface area (Å²) in [7, 11) is 0. The second-order valence-electron chi connectivity index (χ2n) is 3.84. The van der Waals surface area contributed by atoms with Crippen LogP contribution in [-0.4, -0.2) is 18.3 Å². The van der Waals surface area contributed by atoms with Crippen LogP contribution in [0, 0.1) is 12.8 Å². The zero-order valence-electron chi connectivity index (χ0n) is 9.09. The quantitative estimate of drug-likeness (QED) is 0.785. The van der Waals surface area contributed by atoms with Crippen molar-refractivity contribution in [3.63, 3.8) is 0 Å². The third-order valence-electron chi connectivity index (χ3n) is 2.15. The van der Waals surface area contributed by atoms with Gasteiger partial charge in [0.2, 0.25) is 0 Å². The number of hydrogen-bond acceptors (Lipinski definition) is 1. The van der Waals surface area contributed by atoms with Crippen LogP contribution in [0.1, 0.15) is 22.8 Å². The van der Waals surface area contributed by atoms with Gasteiger partial charge in [0.25, 0.3) is 5.91 Å². The van der Waals surface area contributed by atoms with Crippen molar-refractivity contribution in [1.82, 2.24) is 5.32 Å². The Balaban J connectivity index is 2.54. The fourth-order valence-corrected chi connectivity index (χ4v) is 1.32. The molecular formula is C12H16ClNO. The first-order valence-corrected chi connectivity index (χ1v) is 5.57. The van der Waals surface area contributed by atoms with Gasteiger partial charge in [-0.2, -0.15) is 0 Å². The molecule has 0 spiro atoms. The molecule has 1 unspecified atom stereocenters. The van der Waals surface area contributed by atoms with E-state index in [0.717, 1.165) is 5.56 Å². The van der Waals surface area contributed by atoms with Crippen molar-refractivity contribution >= 4 is 17.5 Å². The maximum atomic E-state index is 11.7. The Hall–Kier alpha value is -1.02. The van der Waals surface area contributed by atoms with Gasteiger partial charge in [0.15, 0.2) is 0 Å². The maximum Gasteiger partial charge on any atom is 0.251 e. The highest BCUT2D eigenvalue weighted by molar-refractivity contribution is 6.18. The lowest BCUT2D eigenvalue weighted by Gasteiger charge is -2.09. The molecule has 0 aliphatic carbocycles. The molecule has 1 aromatic carbocycles. The van der Waals surface area contributed by atoms with Gasteiger partial charge in [0.05, 0.1) is 0 Å². The minimum atomic E-state index is -0.0318. The number of rotatable bonds is 4. The topological polar surface area (TPSA) is 29.1 Å². The second kappa shape index (κ2) is 5.76. The zero-order chi connectivity index (χ0) is 11.3. The van der Waals surface area contributed by atoms with E-state index in [1.54, 1.807) is 0 Å². The molecular weight excluding hydrogens is 210 g/mol. The van der Waals surface area contributed by atoms with Crippen molar-refractivity contribution in [2.75, 3.05) is 12.4 Å². The van der Waals surface area contributed by atoms with Gasteiger partial charge in [-0.1, -0.05) is 24.6 Å². The standard InChI is InChI=1S/C12H16ClNO/c1-9-4-3-5-11(6-9)12(15)14-8-10(2)7-13/h3-6,10H,7-8H2,1-2H3,(H,14,15). The van der Waals surface area contributed by atoms with Gasteiger partial charge in [-0.15, -0.1) is 11.6 Å². The third-order valence-corrected chi connectivity index (χ3v) is 2.68. The first-order chi connectivity index (χ1) is 7.13. The van der Waals surface area contributed by atoms with E-state index >= 15 is 0 Å². The summed E-state index contributed by atoms with van der Waals surface area (Å²) in [5, 5.41) is 2.85. The number of amides is 1. The van der Waals surface area contributed by atoms with Crippen LogP contribution >= 0.6 is 11.6 Å². The molecule has 2 nitrogen and oxygen atoms in total. The molecule has 0 aromatic heterocycles. The van der Waals surface area contributed by atoms with E-state index in [-0.39, 0.29) is 5.91 Å². The van der Waals surface area contributed by atoms with Crippen LogP contribution in [0.3, 0.4) is 0 Å². The average Bonchev–Trinajstić information content (AvgIpc) is 2.25. The SMILES string of the molecule is Cc1cccc(C(=O)NCC(C)CCl)c1. The predicted octanol–water partition coefficient (Wildman–Crippen LogP) is 2.60. The zero-order valence-corrected chi connectivity index (χ0v) is 9.84. The van der Waals surface area contributed by atoms with Gasteiger partial charge >= 0.3 is 0 Å². The van der Waals surface area contributed by atoms with E-state index < -0.39 is 0 Å². The molecule has 0 aliphatic rings. The normalized spacial score (nSPS) is 12.2. The summed E-state index contributed by atoms with van der Waals surface area (Å²) in [4.78, 5) is 11.7. The molecule has 0 saturated heterocycles. The van der Waals surface area contributed by atoms with Crippen LogP contribution < -0.4 is 5.32 Å². The summed E-state index contributed by atoms with van der Waals surface area (Å²) in [6, 6.07) is 7.54. The van der Waals surface area contributed by atoms with Crippen LogP contribution in [0.15, 0.2) is 24.3 Å². The van der Waals surface area contributed by atoms with Gasteiger partial charge in [-0.25, -0.2) is 0 Å². The second-order valence-corrected chi connectivity index (χ2v) is 4.15. The fourth-order valence-electron chi connectivity index (χ4n) is 1.21. The monoisotopic (exact) mass is 225 g/mol. The molecule has 0 heterocycles.